The number of H-pyrrole nitrogens is 1. The first kappa shape index (κ1) is 12.2. The molecule has 0 atom stereocenters. The average molecular weight is 276 g/mol. The van der Waals surface area contributed by atoms with Crippen LogP contribution in [0.15, 0.2) is 42.5 Å². The Morgan fingerprint density at radius 2 is 1.90 bits per heavy atom. The topological polar surface area (TPSA) is 44.9 Å². The fourth-order valence-electron chi connectivity index (χ4n) is 3.10. The number of carbonyl (C=O) groups is 1. The summed E-state index contributed by atoms with van der Waals surface area (Å²) in [6.07, 6.45) is 1.04. The molecule has 2 heterocycles. The Labute approximate surface area is 123 Å². The summed E-state index contributed by atoms with van der Waals surface area (Å²) in [5, 5.41) is 4.02. The van der Waals surface area contributed by atoms with Crippen LogP contribution >= 0.6 is 0 Å². The van der Waals surface area contributed by atoms with E-state index in [0.29, 0.717) is 6.54 Å². The summed E-state index contributed by atoms with van der Waals surface area (Å²) in [5.74, 6) is 0.0139. The Balaban J connectivity index is 1.96. The van der Waals surface area contributed by atoms with Crippen LogP contribution in [0.2, 0.25) is 0 Å². The van der Waals surface area contributed by atoms with E-state index in [1.807, 2.05) is 18.2 Å². The summed E-state index contributed by atoms with van der Waals surface area (Å²) in [4.78, 5) is 15.5. The maximum atomic E-state index is 12.0. The molecule has 3 heteroatoms. The number of carbonyl (C=O) groups excluding carboxylic acids is 1. The van der Waals surface area contributed by atoms with E-state index in [9.17, 15) is 4.79 Å². The van der Waals surface area contributed by atoms with Gasteiger partial charge in [-0.1, -0.05) is 37.3 Å². The van der Waals surface area contributed by atoms with Gasteiger partial charge in [0.05, 0.1) is 5.69 Å². The molecular weight excluding hydrogens is 260 g/mol. The molecule has 2 N–H and O–H groups in total. The molecule has 1 aliphatic rings. The molecule has 4 rings (SSSR count). The molecule has 1 aromatic heterocycles. The number of nitrogens with one attached hydrogen (secondary N) is 2. The number of hydrogen-bond acceptors (Lipinski definition) is 1. The van der Waals surface area contributed by atoms with Crippen molar-refractivity contribution in [2.75, 3.05) is 0 Å². The van der Waals surface area contributed by atoms with Gasteiger partial charge in [0.1, 0.15) is 0 Å². The number of aryl methyl sites for hydroxylation is 1. The minimum Gasteiger partial charge on any atom is -0.354 e. The van der Waals surface area contributed by atoms with Crippen molar-refractivity contribution in [1.29, 1.82) is 0 Å². The smallest absolute Gasteiger partial charge is 0.252 e. The number of aromatic nitrogens is 1. The van der Waals surface area contributed by atoms with Crippen LogP contribution in [0, 0.1) is 0 Å². The van der Waals surface area contributed by atoms with Crippen LogP contribution in [0.1, 0.15) is 28.4 Å². The molecule has 0 aliphatic carbocycles. The summed E-state index contributed by atoms with van der Waals surface area (Å²) >= 11 is 0. The summed E-state index contributed by atoms with van der Waals surface area (Å²) in [5.41, 5.74) is 6.59. The van der Waals surface area contributed by atoms with Crippen molar-refractivity contribution in [3.63, 3.8) is 0 Å². The summed E-state index contributed by atoms with van der Waals surface area (Å²) in [6.45, 7) is 2.74. The van der Waals surface area contributed by atoms with Gasteiger partial charge in [0.15, 0.2) is 0 Å². The second-order valence-electron chi connectivity index (χ2n) is 5.44. The number of aromatic amines is 1. The van der Waals surface area contributed by atoms with Crippen LogP contribution in [0.25, 0.3) is 22.2 Å². The highest BCUT2D eigenvalue weighted by molar-refractivity contribution is 6.11. The number of rotatable bonds is 2. The third-order valence-corrected chi connectivity index (χ3v) is 4.25. The van der Waals surface area contributed by atoms with Crippen LogP contribution in [-0.4, -0.2) is 10.9 Å². The van der Waals surface area contributed by atoms with E-state index < -0.39 is 0 Å². The first-order valence-electron chi connectivity index (χ1n) is 7.29. The number of hydrogen-bond donors (Lipinski definition) is 2. The van der Waals surface area contributed by atoms with E-state index in [1.54, 1.807) is 0 Å². The molecule has 3 aromatic rings. The highest BCUT2D eigenvalue weighted by Gasteiger charge is 2.23. The molecule has 2 aromatic carbocycles. The Hall–Kier alpha value is -2.55. The number of benzene rings is 2. The normalized spacial score (nSPS) is 13.5. The first-order chi connectivity index (χ1) is 10.3. The molecule has 0 spiro atoms. The van der Waals surface area contributed by atoms with E-state index in [4.69, 9.17) is 0 Å². The van der Waals surface area contributed by atoms with Crippen LogP contribution in [0.4, 0.5) is 0 Å². The zero-order valence-electron chi connectivity index (χ0n) is 11.9. The van der Waals surface area contributed by atoms with Gasteiger partial charge in [0.25, 0.3) is 5.91 Å². The van der Waals surface area contributed by atoms with Gasteiger partial charge in [-0.3, -0.25) is 4.79 Å². The lowest BCUT2D eigenvalue weighted by Gasteiger charge is -2.14. The van der Waals surface area contributed by atoms with Gasteiger partial charge < -0.3 is 10.3 Å². The van der Waals surface area contributed by atoms with E-state index in [1.165, 1.54) is 16.7 Å². The van der Waals surface area contributed by atoms with Gasteiger partial charge >= 0.3 is 0 Å². The van der Waals surface area contributed by atoms with E-state index in [2.05, 4.69) is 41.5 Å². The largest absolute Gasteiger partial charge is 0.354 e. The van der Waals surface area contributed by atoms with E-state index in [-0.39, 0.29) is 5.91 Å². The van der Waals surface area contributed by atoms with Gasteiger partial charge in [-0.2, -0.15) is 0 Å². The highest BCUT2D eigenvalue weighted by atomic mass is 16.1. The zero-order chi connectivity index (χ0) is 14.4. The summed E-state index contributed by atoms with van der Waals surface area (Å²) < 4.78 is 0. The highest BCUT2D eigenvalue weighted by Crippen LogP contribution is 2.34. The number of amides is 1. The second-order valence-corrected chi connectivity index (χ2v) is 5.44. The fourth-order valence-corrected chi connectivity index (χ4v) is 3.10. The molecule has 0 bridgehead atoms. The summed E-state index contributed by atoms with van der Waals surface area (Å²) in [6, 6.07) is 14.5. The molecule has 0 unspecified atom stereocenters. The van der Waals surface area contributed by atoms with Gasteiger partial charge in [-0.25, -0.2) is 0 Å². The van der Waals surface area contributed by atoms with Crippen molar-refractivity contribution in [3.8, 4) is 11.3 Å². The van der Waals surface area contributed by atoms with Gasteiger partial charge in [0.2, 0.25) is 0 Å². The van der Waals surface area contributed by atoms with Gasteiger partial charge in [-0.05, 0) is 29.7 Å². The van der Waals surface area contributed by atoms with Crippen molar-refractivity contribution in [2.45, 2.75) is 19.9 Å². The molecule has 3 nitrogen and oxygen atoms in total. The molecule has 104 valence electrons. The SMILES string of the molecule is CCc1ccc(-c2[nH]c3cccc4c3c2CNC4=O)cc1. The lowest BCUT2D eigenvalue weighted by atomic mass is 9.98. The Morgan fingerprint density at radius 3 is 2.67 bits per heavy atom. The van der Waals surface area contributed by atoms with Crippen molar-refractivity contribution >= 4 is 16.8 Å². The van der Waals surface area contributed by atoms with Crippen molar-refractivity contribution < 1.29 is 4.79 Å². The molecule has 1 amide bonds. The minimum absolute atomic E-state index is 0.0139. The molecule has 21 heavy (non-hydrogen) atoms. The minimum atomic E-state index is 0.0139. The molecule has 0 fully saturated rings. The molecular formula is C18H16N2O. The summed E-state index contributed by atoms with van der Waals surface area (Å²) in [7, 11) is 0. The Bertz CT molecular complexity index is 844. The molecule has 0 radical (unpaired) electrons. The Kier molecular flexibility index (Phi) is 2.61. The van der Waals surface area contributed by atoms with Crippen LogP contribution < -0.4 is 5.32 Å². The predicted octanol–water partition coefficient (Wildman–Crippen LogP) is 3.64. The molecule has 0 saturated heterocycles. The molecule has 1 aliphatic heterocycles. The quantitative estimate of drug-likeness (QED) is 0.737. The van der Waals surface area contributed by atoms with E-state index >= 15 is 0 Å². The maximum Gasteiger partial charge on any atom is 0.252 e. The van der Waals surface area contributed by atoms with Gasteiger partial charge in [-0.15, -0.1) is 0 Å². The Morgan fingerprint density at radius 1 is 1.10 bits per heavy atom. The standard InChI is InChI=1S/C18H16N2O/c1-2-11-6-8-12(9-7-11)17-14-10-19-18(21)13-4-3-5-15(20-17)16(13)14/h3-9,20H,2,10H2,1H3,(H,19,21). The lowest BCUT2D eigenvalue weighted by molar-refractivity contribution is 0.0949. The first-order valence-corrected chi connectivity index (χ1v) is 7.29. The zero-order valence-corrected chi connectivity index (χ0v) is 11.9. The van der Waals surface area contributed by atoms with Crippen molar-refractivity contribution in [1.82, 2.24) is 10.3 Å². The van der Waals surface area contributed by atoms with Crippen molar-refractivity contribution in [2.24, 2.45) is 0 Å². The van der Waals surface area contributed by atoms with Gasteiger partial charge in [0, 0.05) is 28.6 Å². The monoisotopic (exact) mass is 276 g/mol. The van der Waals surface area contributed by atoms with Crippen molar-refractivity contribution in [3.05, 3.63) is 59.2 Å². The third kappa shape index (κ3) is 1.77. The van der Waals surface area contributed by atoms with Crippen LogP contribution in [0.3, 0.4) is 0 Å². The molecule has 0 saturated carbocycles. The average Bonchev–Trinajstić information content (AvgIpc) is 2.91. The maximum absolute atomic E-state index is 12.0. The third-order valence-electron chi connectivity index (χ3n) is 4.25. The predicted molar refractivity (Wildman–Crippen MR) is 84.3 cm³/mol. The second kappa shape index (κ2) is 4.48. The lowest BCUT2D eigenvalue weighted by Crippen LogP contribution is -2.26. The fraction of sp³-hybridized carbons (Fsp3) is 0.167. The van der Waals surface area contributed by atoms with Crippen LogP contribution in [0.5, 0.6) is 0 Å². The van der Waals surface area contributed by atoms with Crippen LogP contribution in [-0.2, 0) is 13.0 Å². The van der Waals surface area contributed by atoms with E-state index in [0.717, 1.165) is 28.6 Å².